The number of para-hydroxylation sites is 1. The van der Waals surface area contributed by atoms with Crippen molar-refractivity contribution in [2.24, 2.45) is 0 Å². The van der Waals surface area contributed by atoms with Crippen LogP contribution in [-0.2, 0) is 17.8 Å². The lowest BCUT2D eigenvalue weighted by molar-refractivity contribution is -0.132. The highest BCUT2D eigenvalue weighted by Crippen LogP contribution is 2.24. The summed E-state index contributed by atoms with van der Waals surface area (Å²) < 4.78 is 0. The zero-order chi connectivity index (χ0) is 28.8. The summed E-state index contributed by atoms with van der Waals surface area (Å²) in [5, 5.41) is 4.14. The minimum Gasteiger partial charge on any atom is -0.361 e. The number of carbonyl (C=O) groups is 2. The van der Waals surface area contributed by atoms with E-state index >= 15 is 0 Å². The molecule has 0 spiro atoms. The summed E-state index contributed by atoms with van der Waals surface area (Å²) in [4.78, 5) is 34.4. The second kappa shape index (κ2) is 13.2. The molecule has 0 unspecified atom stereocenters. The Balaban J connectivity index is 1.38. The molecule has 5 nitrogen and oxygen atoms in total. The Hall–Kier alpha value is -3.80. The van der Waals surface area contributed by atoms with Crippen molar-refractivity contribution in [3.63, 3.8) is 0 Å². The zero-order valence-corrected chi connectivity index (χ0v) is 24.6. The summed E-state index contributed by atoms with van der Waals surface area (Å²) in [6.07, 6.45) is 4.41. The van der Waals surface area contributed by atoms with Gasteiger partial charge in [-0.3, -0.25) is 9.59 Å². The van der Waals surface area contributed by atoms with Gasteiger partial charge in [0.1, 0.15) is 6.54 Å². The van der Waals surface area contributed by atoms with Crippen LogP contribution in [0.2, 0.25) is 10.0 Å². The lowest BCUT2D eigenvalue weighted by atomic mass is 10.1. The molecule has 0 aliphatic heterocycles. The third kappa shape index (κ3) is 6.92. The van der Waals surface area contributed by atoms with Gasteiger partial charge in [0.05, 0.1) is 10.0 Å². The summed E-state index contributed by atoms with van der Waals surface area (Å²) in [6, 6.07) is 27.3. The normalized spacial score (nSPS) is 11.2. The number of benzene rings is 4. The molecule has 1 aromatic heterocycles. The fourth-order valence-electron chi connectivity index (χ4n) is 5.11. The molecule has 0 aliphatic carbocycles. The van der Waals surface area contributed by atoms with Crippen LogP contribution in [0.25, 0.3) is 21.7 Å². The summed E-state index contributed by atoms with van der Waals surface area (Å²) in [5.41, 5.74) is 3.68. The van der Waals surface area contributed by atoms with Crippen LogP contribution in [-0.4, -0.2) is 46.2 Å². The summed E-state index contributed by atoms with van der Waals surface area (Å²) in [5.74, 6) is -0.246. The zero-order valence-electron chi connectivity index (χ0n) is 23.1. The predicted molar refractivity (Wildman–Crippen MR) is 169 cm³/mol. The van der Waals surface area contributed by atoms with Crippen LogP contribution in [0, 0.1) is 0 Å². The fourth-order valence-corrected chi connectivity index (χ4v) is 5.43. The number of rotatable bonds is 11. The van der Waals surface area contributed by atoms with Crippen LogP contribution in [0.3, 0.4) is 0 Å². The average Bonchev–Trinajstić information content (AvgIpc) is 3.41. The predicted octanol–water partition coefficient (Wildman–Crippen LogP) is 8.14. The van der Waals surface area contributed by atoms with E-state index in [4.69, 9.17) is 23.2 Å². The minimum absolute atomic E-state index is 0.000860. The van der Waals surface area contributed by atoms with Gasteiger partial charge >= 0.3 is 0 Å². The van der Waals surface area contributed by atoms with Crippen molar-refractivity contribution in [1.29, 1.82) is 0 Å². The largest absolute Gasteiger partial charge is 0.361 e. The molecule has 5 rings (SSSR count). The van der Waals surface area contributed by atoms with Crippen molar-refractivity contribution in [2.75, 3.05) is 19.6 Å². The number of fused-ring (bicyclic) bond motifs is 2. The molecule has 1 heterocycles. The first-order chi connectivity index (χ1) is 19.9. The van der Waals surface area contributed by atoms with Crippen molar-refractivity contribution < 1.29 is 9.59 Å². The Morgan fingerprint density at radius 2 is 1.59 bits per heavy atom. The third-order valence-corrected chi connectivity index (χ3v) is 8.17. The Morgan fingerprint density at radius 1 is 0.805 bits per heavy atom. The molecule has 0 atom stereocenters. The average molecular weight is 587 g/mol. The van der Waals surface area contributed by atoms with Crippen LogP contribution in [0.1, 0.15) is 41.3 Å². The standard InChI is InChI=1S/C34H33Cl2N3O2/c1-2-3-17-39(34(41)27-14-13-25-8-4-5-9-26(25)20-27)23-33(40)38(22-24-12-15-30(35)31(36)19-24)18-16-28-21-37-32-11-7-6-10-29(28)32/h4-15,19-21,37H,2-3,16-18,22-23H2,1H3. The van der Waals surface area contributed by atoms with Crippen LogP contribution in [0.4, 0.5) is 0 Å². The number of unbranched alkanes of at least 4 members (excludes halogenated alkanes) is 1. The van der Waals surface area contributed by atoms with Crippen molar-refractivity contribution in [3.8, 4) is 0 Å². The quantitative estimate of drug-likeness (QED) is 0.170. The maximum atomic E-state index is 13.9. The molecule has 41 heavy (non-hydrogen) atoms. The number of amides is 2. The van der Waals surface area contributed by atoms with E-state index in [1.54, 1.807) is 17.0 Å². The maximum absolute atomic E-state index is 13.9. The molecule has 7 heteroatoms. The summed E-state index contributed by atoms with van der Waals surface area (Å²) >= 11 is 12.5. The summed E-state index contributed by atoms with van der Waals surface area (Å²) in [6.45, 7) is 3.45. The van der Waals surface area contributed by atoms with Crippen molar-refractivity contribution in [3.05, 3.63) is 118 Å². The van der Waals surface area contributed by atoms with Gasteiger partial charge in [0, 0.05) is 42.3 Å². The first-order valence-corrected chi connectivity index (χ1v) is 14.7. The highest BCUT2D eigenvalue weighted by atomic mass is 35.5. The number of H-pyrrole nitrogens is 1. The van der Waals surface area contributed by atoms with E-state index < -0.39 is 0 Å². The topological polar surface area (TPSA) is 56.4 Å². The van der Waals surface area contributed by atoms with Crippen LogP contribution >= 0.6 is 23.2 Å². The van der Waals surface area contributed by atoms with E-state index in [-0.39, 0.29) is 18.4 Å². The lowest BCUT2D eigenvalue weighted by Crippen LogP contribution is -2.43. The Bertz CT molecular complexity index is 1680. The molecule has 5 aromatic rings. The van der Waals surface area contributed by atoms with Gasteiger partial charge in [-0.05, 0) is 65.1 Å². The van der Waals surface area contributed by atoms with E-state index in [1.807, 2.05) is 77.8 Å². The van der Waals surface area contributed by atoms with E-state index in [1.165, 1.54) is 0 Å². The molecule has 0 radical (unpaired) electrons. The molecule has 1 N–H and O–H groups in total. The van der Waals surface area contributed by atoms with Gasteiger partial charge in [-0.2, -0.15) is 0 Å². The van der Waals surface area contributed by atoms with Crippen LogP contribution in [0.5, 0.6) is 0 Å². The van der Waals surface area contributed by atoms with Crippen molar-refractivity contribution in [1.82, 2.24) is 14.8 Å². The van der Waals surface area contributed by atoms with Gasteiger partial charge in [-0.1, -0.05) is 91.1 Å². The van der Waals surface area contributed by atoms with Crippen LogP contribution < -0.4 is 0 Å². The van der Waals surface area contributed by atoms with Gasteiger partial charge < -0.3 is 14.8 Å². The Morgan fingerprint density at radius 3 is 2.39 bits per heavy atom. The van der Waals surface area contributed by atoms with Gasteiger partial charge in [0.25, 0.3) is 5.91 Å². The number of hydrogen-bond acceptors (Lipinski definition) is 2. The number of halogens is 2. The second-order valence-corrected chi connectivity index (χ2v) is 11.1. The molecule has 0 aliphatic rings. The van der Waals surface area contributed by atoms with E-state index in [2.05, 4.69) is 18.0 Å². The van der Waals surface area contributed by atoms with Gasteiger partial charge in [-0.25, -0.2) is 0 Å². The summed E-state index contributed by atoms with van der Waals surface area (Å²) in [7, 11) is 0. The smallest absolute Gasteiger partial charge is 0.254 e. The molecule has 0 saturated heterocycles. The number of aromatic amines is 1. The minimum atomic E-state index is -0.135. The van der Waals surface area contributed by atoms with Gasteiger partial charge in [-0.15, -0.1) is 0 Å². The molecule has 210 valence electrons. The molecular weight excluding hydrogens is 553 g/mol. The van der Waals surface area contributed by atoms with Crippen LogP contribution in [0.15, 0.2) is 91.1 Å². The Kier molecular flexibility index (Phi) is 9.28. The number of carbonyl (C=O) groups excluding carboxylic acids is 2. The molecule has 0 fully saturated rings. The molecular formula is C34H33Cl2N3O2. The van der Waals surface area contributed by atoms with Gasteiger partial charge in [0.2, 0.25) is 5.91 Å². The SMILES string of the molecule is CCCCN(CC(=O)N(CCc1c[nH]c2ccccc12)Cc1ccc(Cl)c(Cl)c1)C(=O)c1ccc2ccccc2c1. The monoisotopic (exact) mass is 585 g/mol. The lowest BCUT2D eigenvalue weighted by Gasteiger charge is -2.28. The maximum Gasteiger partial charge on any atom is 0.254 e. The highest BCUT2D eigenvalue weighted by molar-refractivity contribution is 6.42. The number of hydrogen-bond donors (Lipinski definition) is 1. The first-order valence-electron chi connectivity index (χ1n) is 14.0. The first kappa shape index (κ1) is 28.7. The molecule has 0 bridgehead atoms. The van der Waals surface area contributed by atoms with Crippen molar-refractivity contribution >= 4 is 56.7 Å². The Labute approximate surface area is 250 Å². The third-order valence-electron chi connectivity index (χ3n) is 7.43. The molecule has 2 amide bonds. The number of nitrogens with one attached hydrogen (secondary N) is 1. The number of nitrogens with zero attached hydrogens (tertiary/aromatic N) is 2. The number of aromatic nitrogens is 1. The highest BCUT2D eigenvalue weighted by Gasteiger charge is 2.23. The van der Waals surface area contributed by atoms with E-state index in [0.717, 1.165) is 45.6 Å². The van der Waals surface area contributed by atoms with E-state index in [0.29, 0.717) is 41.7 Å². The van der Waals surface area contributed by atoms with Crippen molar-refractivity contribution in [2.45, 2.75) is 32.7 Å². The van der Waals surface area contributed by atoms with Gasteiger partial charge in [0.15, 0.2) is 0 Å². The molecule has 4 aromatic carbocycles. The molecule has 0 saturated carbocycles. The fraction of sp³-hybridized carbons (Fsp3) is 0.235. The van der Waals surface area contributed by atoms with E-state index in [9.17, 15) is 9.59 Å². The second-order valence-electron chi connectivity index (χ2n) is 10.3.